The number of benzene rings is 1. The number of carboxylic acids is 1. The highest BCUT2D eigenvalue weighted by Crippen LogP contribution is 2.38. The molecule has 0 atom stereocenters. The van der Waals surface area contributed by atoms with Crippen LogP contribution in [0.5, 0.6) is 5.75 Å². The van der Waals surface area contributed by atoms with Crippen molar-refractivity contribution in [3.8, 4) is 16.9 Å². The highest BCUT2D eigenvalue weighted by Gasteiger charge is 2.34. The molecular formula is C15H9F6NO3. The maximum Gasteiger partial charge on any atom is 0.573 e. The van der Waals surface area contributed by atoms with E-state index < -0.39 is 41.8 Å². The fraction of sp³-hybridized carbons (Fsp3) is 0.200. The lowest BCUT2D eigenvalue weighted by atomic mass is 9.99. The monoisotopic (exact) mass is 365 g/mol. The summed E-state index contributed by atoms with van der Waals surface area (Å²) in [6, 6.07) is 5.02. The molecule has 0 aliphatic heterocycles. The second-order valence-electron chi connectivity index (χ2n) is 4.83. The van der Waals surface area contributed by atoms with Crippen molar-refractivity contribution in [2.75, 3.05) is 0 Å². The first kappa shape index (κ1) is 18.6. The van der Waals surface area contributed by atoms with Crippen molar-refractivity contribution in [2.45, 2.75) is 19.0 Å². The molecule has 4 nitrogen and oxygen atoms in total. The molecule has 1 aromatic heterocycles. The van der Waals surface area contributed by atoms with Gasteiger partial charge in [-0.2, -0.15) is 13.2 Å². The van der Waals surface area contributed by atoms with Crippen molar-refractivity contribution in [3.63, 3.8) is 0 Å². The van der Waals surface area contributed by atoms with Crippen LogP contribution in [0.1, 0.15) is 11.3 Å². The summed E-state index contributed by atoms with van der Waals surface area (Å²) in [7, 11) is 0. The molecule has 25 heavy (non-hydrogen) atoms. The molecule has 0 saturated heterocycles. The van der Waals surface area contributed by atoms with Crippen LogP contribution in [-0.4, -0.2) is 22.4 Å². The lowest BCUT2D eigenvalue weighted by molar-refractivity contribution is -0.274. The van der Waals surface area contributed by atoms with E-state index in [2.05, 4.69) is 9.72 Å². The number of rotatable bonds is 4. The number of carboxylic acid groups (broad SMARTS) is 1. The summed E-state index contributed by atoms with van der Waals surface area (Å²) < 4.78 is 80.0. The first-order valence-electron chi connectivity index (χ1n) is 6.60. The zero-order valence-corrected chi connectivity index (χ0v) is 12.1. The van der Waals surface area contributed by atoms with Gasteiger partial charge in [0.1, 0.15) is 5.75 Å². The molecule has 1 aromatic carbocycles. The van der Waals surface area contributed by atoms with Crippen LogP contribution in [0.2, 0.25) is 0 Å². The summed E-state index contributed by atoms with van der Waals surface area (Å²) in [4.78, 5) is 14.3. The molecule has 0 aliphatic rings. The number of ether oxygens (including phenoxy) is 1. The molecule has 0 spiro atoms. The van der Waals surface area contributed by atoms with E-state index in [1.165, 1.54) is 12.1 Å². The molecule has 2 rings (SSSR count). The highest BCUT2D eigenvalue weighted by atomic mass is 19.4. The Labute approximate surface area is 136 Å². The molecule has 0 amide bonds. The number of halogens is 6. The van der Waals surface area contributed by atoms with Crippen LogP contribution >= 0.6 is 0 Å². The molecule has 10 heteroatoms. The van der Waals surface area contributed by atoms with Crippen LogP contribution in [0.15, 0.2) is 36.5 Å². The summed E-state index contributed by atoms with van der Waals surface area (Å²) in [5, 5.41) is 8.85. The van der Waals surface area contributed by atoms with Crippen molar-refractivity contribution in [1.29, 1.82) is 0 Å². The van der Waals surface area contributed by atoms with E-state index in [0.717, 1.165) is 12.1 Å². The Bertz CT molecular complexity index is 786. The number of nitrogens with zero attached hydrogens (tertiary/aromatic N) is 1. The summed E-state index contributed by atoms with van der Waals surface area (Å²) in [6.07, 6.45) is -10.2. The van der Waals surface area contributed by atoms with Crippen LogP contribution in [0, 0.1) is 0 Å². The molecule has 0 fully saturated rings. The van der Waals surface area contributed by atoms with Gasteiger partial charge in [-0.1, -0.05) is 18.2 Å². The van der Waals surface area contributed by atoms with E-state index >= 15 is 0 Å². The molecule has 0 bridgehead atoms. The Morgan fingerprint density at radius 2 is 1.72 bits per heavy atom. The Hall–Kier alpha value is -2.78. The van der Waals surface area contributed by atoms with Gasteiger partial charge in [0, 0.05) is 17.3 Å². The molecule has 2 aromatic rings. The van der Waals surface area contributed by atoms with Crippen molar-refractivity contribution in [1.82, 2.24) is 4.98 Å². The minimum Gasteiger partial charge on any atom is -0.481 e. The normalized spacial score (nSPS) is 12.1. The highest BCUT2D eigenvalue weighted by molar-refractivity contribution is 5.78. The lowest BCUT2D eigenvalue weighted by Crippen LogP contribution is -2.18. The average Bonchev–Trinajstić information content (AvgIpc) is 2.45. The molecule has 0 aliphatic carbocycles. The molecule has 0 saturated carbocycles. The van der Waals surface area contributed by atoms with Crippen molar-refractivity contribution in [3.05, 3.63) is 47.8 Å². The number of carbonyl (C=O) groups is 1. The Morgan fingerprint density at radius 1 is 1.08 bits per heavy atom. The Kier molecular flexibility index (Phi) is 4.91. The summed E-state index contributed by atoms with van der Waals surface area (Å²) >= 11 is 0. The topological polar surface area (TPSA) is 59.4 Å². The minimum absolute atomic E-state index is 0.321. The van der Waals surface area contributed by atoms with E-state index in [0.29, 0.717) is 12.3 Å². The van der Waals surface area contributed by atoms with Gasteiger partial charge in [0.15, 0.2) is 0 Å². The van der Waals surface area contributed by atoms with Gasteiger partial charge in [-0.05, 0) is 12.1 Å². The second kappa shape index (κ2) is 6.61. The van der Waals surface area contributed by atoms with Crippen LogP contribution < -0.4 is 4.74 Å². The smallest absolute Gasteiger partial charge is 0.481 e. The third-order valence-corrected chi connectivity index (χ3v) is 3.02. The average molecular weight is 365 g/mol. The lowest BCUT2D eigenvalue weighted by Gasteiger charge is -2.16. The largest absolute Gasteiger partial charge is 0.573 e. The molecule has 0 radical (unpaired) electrons. The fourth-order valence-corrected chi connectivity index (χ4v) is 2.07. The molecular weight excluding hydrogens is 356 g/mol. The quantitative estimate of drug-likeness (QED) is 0.821. The summed E-state index contributed by atoms with van der Waals surface area (Å²) in [6.45, 7) is 0. The number of aromatic nitrogens is 1. The SMILES string of the molecule is O=C(O)Cc1ncc(C(F)(F)F)cc1-c1ccccc1OC(F)(F)F. The van der Waals surface area contributed by atoms with Crippen LogP contribution in [0.25, 0.3) is 11.1 Å². The number of pyridine rings is 1. The van der Waals surface area contributed by atoms with Crippen molar-refractivity contribution < 1.29 is 41.0 Å². The fourth-order valence-electron chi connectivity index (χ4n) is 2.07. The van der Waals surface area contributed by atoms with Gasteiger partial charge in [0.05, 0.1) is 17.7 Å². The molecule has 1 N–H and O–H groups in total. The second-order valence-corrected chi connectivity index (χ2v) is 4.83. The predicted molar refractivity (Wildman–Crippen MR) is 72.7 cm³/mol. The maximum atomic E-state index is 12.9. The third kappa shape index (κ3) is 4.85. The van der Waals surface area contributed by atoms with Gasteiger partial charge in [-0.25, -0.2) is 0 Å². The molecule has 0 unspecified atom stereocenters. The predicted octanol–water partition coefficient (Wildman–Crippen LogP) is 4.29. The molecule has 134 valence electrons. The maximum absolute atomic E-state index is 12.9. The van der Waals surface area contributed by atoms with Crippen molar-refractivity contribution >= 4 is 5.97 Å². The van der Waals surface area contributed by atoms with Crippen LogP contribution in [-0.2, 0) is 17.4 Å². The third-order valence-electron chi connectivity index (χ3n) is 3.02. The zero-order chi connectivity index (χ0) is 18.8. The number of hydrogen-bond acceptors (Lipinski definition) is 3. The van der Waals surface area contributed by atoms with E-state index in [1.807, 2.05) is 0 Å². The van der Waals surface area contributed by atoms with Gasteiger partial charge >= 0.3 is 18.5 Å². The zero-order valence-electron chi connectivity index (χ0n) is 12.1. The van der Waals surface area contributed by atoms with E-state index in [9.17, 15) is 31.1 Å². The number of para-hydroxylation sites is 1. The van der Waals surface area contributed by atoms with Gasteiger partial charge in [0.25, 0.3) is 0 Å². The van der Waals surface area contributed by atoms with Crippen LogP contribution in [0.4, 0.5) is 26.3 Å². The van der Waals surface area contributed by atoms with Gasteiger partial charge in [-0.15, -0.1) is 13.2 Å². The van der Waals surface area contributed by atoms with Crippen molar-refractivity contribution in [2.24, 2.45) is 0 Å². The Balaban J connectivity index is 2.65. The number of hydrogen-bond donors (Lipinski definition) is 1. The minimum atomic E-state index is -5.07. The van der Waals surface area contributed by atoms with Gasteiger partial charge in [-0.3, -0.25) is 9.78 Å². The summed E-state index contributed by atoms with van der Waals surface area (Å²) in [5.74, 6) is -2.16. The standard InChI is InChI=1S/C15H9F6NO3/c16-14(17,18)8-5-10(11(22-7-8)6-13(23)24)9-3-1-2-4-12(9)25-15(19,20)21/h1-5,7H,6H2,(H,23,24). The van der Waals surface area contributed by atoms with E-state index in [1.54, 1.807) is 0 Å². The molecule has 1 heterocycles. The summed E-state index contributed by atoms with van der Waals surface area (Å²) in [5.41, 5.74) is -2.30. The first-order valence-corrected chi connectivity index (χ1v) is 6.60. The number of aliphatic carboxylic acids is 1. The van der Waals surface area contributed by atoms with E-state index in [4.69, 9.17) is 5.11 Å². The first-order chi connectivity index (χ1) is 11.5. The van der Waals surface area contributed by atoms with Crippen LogP contribution in [0.3, 0.4) is 0 Å². The number of alkyl halides is 6. The van der Waals surface area contributed by atoms with E-state index in [-0.39, 0.29) is 11.3 Å². The van der Waals surface area contributed by atoms with Gasteiger partial charge in [0.2, 0.25) is 0 Å². The Morgan fingerprint density at radius 3 is 2.28 bits per heavy atom. The van der Waals surface area contributed by atoms with Gasteiger partial charge < -0.3 is 9.84 Å².